The van der Waals surface area contributed by atoms with Gasteiger partial charge in [-0.25, -0.2) is 4.79 Å². The monoisotopic (exact) mass is 388 g/mol. The first-order chi connectivity index (χ1) is 13.1. The van der Waals surface area contributed by atoms with Crippen LogP contribution in [0.15, 0.2) is 47.9 Å². The van der Waals surface area contributed by atoms with E-state index in [-0.39, 0.29) is 6.61 Å². The fraction of sp³-hybridized carbons (Fsp3) is 0.167. The molecule has 0 aliphatic carbocycles. The van der Waals surface area contributed by atoms with Crippen molar-refractivity contribution in [3.63, 3.8) is 0 Å². The number of para-hydroxylation sites is 2. The summed E-state index contributed by atoms with van der Waals surface area (Å²) in [6, 6.07) is 10.6. The summed E-state index contributed by atoms with van der Waals surface area (Å²) in [5.41, 5.74) is 4.37. The quantitative estimate of drug-likeness (QED) is 0.455. The fourth-order valence-electron chi connectivity index (χ4n) is 2.12. The molecular formula is C18H16N2O6S. The maximum Gasteiger partial charge on any atom is 0.331 e. The molecule has 1 atom stereocenters. The fourth-order valence-corrected chi connectivity index (χ4v) is 2.74. The molecular weight excluding hydrogens is 372 g/mol. The van der Waals surface area contributed by atoms with Crippen molar-refractivity contribution in [1.82, 2.24) is 10.9 Å². The van der Waals surface area contributed by atoms with Gasteiger partial charge in [0.2, 0.25) is 6.10 Å². The Hall–Kier alpha value is -3.33. The second-order valence-corrected chi connectivity index (χ2v) is 6.34. The lowest BCUT2D eigenvalue weighted by molar-refractivity contribution is -0.145. The molecule has 0 bridgehead atoms. The van der Waals surface area contributed by atoms with E-state index in [9.17, 15) is 14.4 Å². The van der Waals surface area contributed by atoms with Crippen LogP contribution in [0.4, 0.5) is 0 Å². The molecule has 27 heavy (non-hydrogen) atoms. The van der Waals surface area contributed by atoms with Gasteiger partial charge in [-0.1, -0.05) is 18.2 Å². The molecule has 0 saturated carbocycles. The largest absolute Gasteiger partial charge is 0.485 e. The normalized spacial score (nSPS) is 15.2. The molecule has 0 spiro atoms. The summed E-state index contributed by atoms with van der Waals surface area (Å²) in [5, 5.41) is 1.88. The Kier molecular flexibility index (Phi) is 6.06. The molecule has 9 heteroatoms. The van der Waals surface area contributed by atoms with Gasteiger partial charge in [0.05, 0.1) is 0 Å². The maximum atomic E-state index is 12.0. The third-order valence-electron chi connectivity index (χ3n) is 3.40. The number of carbonyl (C=O) groups is 3. The lowest BCUT2D eigenvalue weighted by Gasteiger charge is -2.25. The van der Waals surface area contributed by atoms with Crippen LogP contribution in [-0.2, 0) is 19.1 Å². The van der Waals surface area contributed by atoms with Crippen molar-refractivity contribution in [2.45, 2.75) is 6.10 Å². The summed E-state index contributed by atoms with van der Waals surface area (Å²) < 4.78 is 15.7. The van der Waals surface area contributed by atoms with E-state index in [1.807, 2.05) is 17.5 Å². The minimum absolute atomic E-state index is 0.0151. The lowest BCUT2D eigenvalue weighted by Crippen LogP contribution is -2.51. The van der Waals surface area contributed by atoms with E-state index in [0.29, 0.717) is 11.5 Å². The van der Waals surface area contributed by atoms with Gasteiger partial charge in [-0.3, -0.25) is 20.4 Å². The van der Waals surface area contributed by atoms with Gasteiger partial charge in [0.15, 0.2) is 18.1 Å². The predicted octanol–water partition coefficient (Wildman–Crippen LogP) is 1.29. The van der Waals surface area contributed by atoms with Crippen molar-refractivity contribution in [3.05, 3.63) is 52.7 Å². The lowest BCUT2D eigenvalue weighted by atomic mass is 10.2. The van der Waals surface area contributed by atoms with Crippen LogP contribution < -0.4 is 20.3 Å². The van der Waals surface area contributed by atoms with E-state index in [1.165, 1.54) is 17.4 Å². The Bertz CT molecular complexity index is 849. The zero-order valence-corrected chi connectivity index (χ0v) is 14.9. The van der Waals surface area contributed by atoms with E-state index in [2.05, 4.69) is 10.9 Å². The summed E-state index contributed by atoms with van der Waals surface area (Å²) in [5.74, 6) is -0.930. The van der Waals surface area contributed by atoms with Crippen LogP contribution >= 0.6 is 11.3 Å². The van der Waals surface area contributed by atoms with Crippen molar-refractivity contribution < 1.29 is 28.6 Å². The first-order valence-corrected chi connectivity index (χ1v) is 8.85. The standard InChI is InChI=1S/C18H16N2O6S/c21-16(11-25-17(22)8-7-12-4-3-9-27-12)19-20-18(23)15-10-24-13-5-1-2-6-14(13)26-15/h1-9,15H,10-11H2,(H,19,21)(H,20,23)/b8-7+/t15-/m0/s1. The van der Waals surface area contributed by atoms with Gasteiger partial charge in [0, 0.05) is 11.0 Å². The van der Waals surface area contributed by atoms with Crippen LogP contribution in [0.2, 0.25) is 0 Å². The predicted molar refractivity (Wildman–Crippen MR) is 97.0 cm³/mol. The minimum atomic E-state index is -0.906. The Morgan fingerprint density at radius 1 is 1.15 bits per heavy atom. The van der Waals surface area contributed by atoms with Crippen molar-refractivity contribution in [1.29, 1.82) is 0 Å². The second kappa shape index (κ2) is 8.86. The Balaban J connectivity index is 1.38. The number of thiophene rings is 1. The summed E-state index contributed by atoms with van der Waals surface area (Å²) >= 11 is 1.47. The van der Waals surface area contributed by atoms with Gasteiger partial charge in [-0.2, -0.15) is 0 Å². The van der Waals surface area contributed by atoms with Crippen molar-refractivity contribution >= 4 is 35.2 Å². The number of fused-ring (bicyclic) bond motifs is 1. The number of carbonyl (C=O) groups excluding carboxylic acids is 3. The molecule has 140 valence electrons. The van der Waals surface area contributed by atoms with Gasteiger partial charge in [-0.05, 0) is 29.7 Å². The van der Waals surface area contributed by atoms with Crippen LogP contribution in [0, 0.1) is 0 Å². The van der Waals surface area contributed by atoms with E-state index in [4.69, 9.17) is 14.2 Å². The number of hydrazine groups is 1. The molecule has 1 aromatic heterocycles. The topological polar surface area (TPSA) is 103 Å². The highest BCUT2D eigenvalue weighted by Crippen LogP contribution is 2.30. The number of rotatable bonds is 5. The van der Waals surface area contributed by atoms with Gasteiger partial charge < -0.3 is 14.2 Å². The molecule has 1 aliphatic heterocycles. The van der Waals surface area contributed by atoms with Crippen LogP contribution in [-0.4, -0.2) is 37.1 Å². The van der Waals surface area contributed by atoms with E-state index < -0.39 is 30.5 Å². The van der Waals surface area contributed by atoms with Gasteiger partial charge in [0.1, 0.15) is 6.61 Å². The van der Waals surface area contributed by atoms with Gasteiger partial charge in [-0.15, -0.1) is 11.3 Å². The van der Waals surface area contributed by atoms with Crippen molar-refractivity contribution in [2.24, 2.45) is 0 Å². The van der Waals surface area contributed by atoms with E-state index in [0.717, 1.165) is 4.88 Å². The average molecular weight is 388 g/mol. The number of amides is 2. The van der Waals surface area contributed by atoms with Crippen molar-refractivity contribution in [2.75, 3.05) is 13.2 Å². The molecule has 0 unspecified atom stereocenters. The Morgan fingerprint density at radius 3 is 2.74 bits per heavy atom. The molecule has 8 nitrogen and oxygen atoms in total. The summed E-state index contributed by atoms with van der Waals surface area (Å²) in [7, 11) is 0. The highest BCUT2D eigenvalue weighted by Gasteiger charge is 2.27. The number of hydrogen-bond donors (Lipinski definition) is 2. The summed E-state index contributed by atoms with van der Waals surface area (Å²) in [6.45, 7) is -0.514. The smallest absolute Gasteiger partial charge is 0.331 e. The number of ether oxygens (including phenoxy) is 3. The summed E-state index contributed by atoms with van der Waals surface area (Å²) in [6.07, 6.45) is 1.91. The first-order valence-electron chi connectivity index (χ1n) is 7.97. The highest BCUT2D eigenvalue weighted by molar-refractivity contribution is 7.10. The minimum Gasteiger partial charge on any atom is -0.485 e. The van der Waals surface area contributed by atoms with E-state index >= 15 is 0 Å². The molecule has 1 aromatic carbocycles. The number of esters is 1. The molecule has 2 aromatic rings. The maximum absolute atomic E-state index is 12.0. The van der Waals surface area contributed by atoms with Gasteiger partial charge in [0.25, 0.3) is 11.8 Å². The molecule has 0 fully saturated rings. The average Bonchev–Trinajstić information content (AvgIpc) is 3.22. The zero-order chi connectivity index (χ0) is 19.1. The number of benzene rings is 1. The summed E-state index contributed by atoms with van der Waals surface area (Å²) in [4.78, 5) is 36.1. The van der Waals surface area contributed by atoms with E-state index in [1.54, 1.807) is 30.3 Å². The van der Waals surface area contributed by atoms with Crippen LogP contribution in [0.5, 0.6) is 11.5 Å². The molecule has 0 saturated heterocycles. The van der Waals surface area contributed by atoms with Crippen molar-refractivity contribution in [3.8, 4) is 11.5 Å². The number of nitrogens with one attached hydrogen (secondary N) is 2. The van der Waals surface area contributed by atoms with Crippen LogP contribution in [0.3, 0.4) is 0 Å². The Labute approximate surface area is 158 Å². The second-order valence-electron chi connectivity index (χ2n) is 5.36. The Morgan fingerprint density at radius 2 is 1.96 bits per heavy atom. The highest BCUT2D eigenvalue weighted by atomic mass is 32.1. The third-order valence-corrected chi connectivity index (χ3v) is 4.24. The number of hydrogen-bond acceptors (Lipinski definition) is 7. The van der Waals surface area contributed by atoms with Crippen LogP contribution in [0.25, 0.3) is 6.08 Å². The van der Waals surface area contributed by atoms with Gasteiger partial charge >= 0.3 is 5.97 Å². The zero-order valence-electron chi connectivity index (χ0n) is 14.0. The molecule has 2 amide bonds. The molecule has 3 rings (SSSR count). The van der Waals surface area contributed by atoms with Crippen LogP contribution in [0.1, 0.15) is 4.88 Å². The molecule has 2 N–H and O–H groups in total. The SMILES string of the molecule is O=C(COC(=O)/C=C/c1cccs1)NNC(=O)[C@@H]1COc2ccccc2O1. The third kappa shape index (κ3) is 5.32. The molecule has 1 aliphatic rings. The molecule has 2 heterocycles. The first kappa shape index (κ1) is 18.5. The molecule has 0 radical (unpaired) electrons.